The van der Waals surface area contributed by atoms with Crippen LogP contribution >= 0.6 is 11.8 Å². The molecule has 2 saturated heterocycles. The third kappa shape index (κ3) is 3.37. The van der Waals surface area contributed by atoms with Gasteiger partial charge in [-0.2, -0.15) is 11.8 Å². The number of rotatable bonds is 2. The first-order valence-electron chi connectivity index (χ1n) is 5.97. The minimum atomic E-state index is -0.560. The Morgan fingerprint density at radius 3 is 2.94 bits per heavy atom. The Labute approximate surface area is 101 Å². The fraction of sp³-hybridized carbons (Fsp3) is 0.909. The van der Waals surface area contributed by atoms with E-state index < -0.39 is 5.60 Å². The highest BCUT2D eigenvalue weighted by Gasteiger charge is 2.32. The molecule has 2 rings (SSSR count). The summed E-state index contributed by atoms with van der Waals surface area (Å²) in [7, 11) is 0. The van der Waals surface area contributed by atoms with Gasteiger partial charge in [-0.3, -0.25) is 9.69 Å². The van der Waals surface area contributed by atoms with Crippen molar-refractivity contribution >= 4 is 17.7 Å². The van der Waals surface area contributed by atoms with Crippen molar-refractivity contribution in [2.75, 3.05) is 37.7 Å². The summed E-state index contributed by atoms with van der Waals surface area (Å²) in [4.78, 5) is 13.5. The second kappa shape index (κ2) is 5.38. The molecule has 92 valence electrons. The van der Waals surface area contributed by atoms with Gasteiger partial charge in [-0.15, -0.1) is 0 Å². The lowest BCUT2D eigenvalue weighted by Gasteiger charge is -2.36. The molecule has 2 aliphatic heterocycles. The first-order chi connectivity index (χ1) is 7.68. The molecule has 2 aliphatic rings. The number of thioether (sulfide) groups is 1. The van der Waals surface area contributed by atoms with Crippen LogP contribution in [0.3, 0.4) is 0 Å². The van der Waals surface area contributed by atoms with Gasteiger partial charge in [-0.1, -0.05) is 0 Å². The molecule has 2 heterocycles. The molecule has 0 aromatic heterocycles. The first-order valence-corrected chi connectivity index (χ1v) is 7.13. The summed E-state index contributed by atoms with van der Waals surface area (Å²) in [6, 6.07) is 0. The number of nitrogens with zero attached hydrogens (tertiary/aromatic N) is 1. The lowest BCUT2D eigenvalue weighted by Crippen LogP contribution is -2.47. The molecule has 0 unspecified atom stereocenters. The van der Waals surface area contributed by atoms with Crippen molar-refractivity contribution in [2.45, 2.75) is 24.9 Å². The van der Waals surface area contributed by atoms with E-state index in [9.17, 15) is 9.90 Å². The molecular formula is C11H20N2O2S. The molecule has 2 N–H and O–H groups in total. The fourth-order valence-corrected chi connectivity index (χ4v) is 3.58. The SMILES string of the molecule is O=C1CN(CC2(O)CCSCC2)CCCN1. The first kappa shape index (κ1) is 12.2. The van der Waals surface area contributed by atoms with Crippen LogP contribution in [0.25, 0.3) is 0 Å². The molecule has 2 fully saturated rings. The zero-order valence-corrected chi connectivity index (χ0v) is 10.4. The van der Waals surface area contributed by atoms with Crippen LogP contribution < -0.4 is 5.32 Å². The summed E-state index contributed by atoms with van der Waals surface area (Å²) in [5.74, 6) is 2.17. The number of nitrogens with one attached hydrogen (secondary N) is 1. The Morgan fingerprint density at radius 2 is 2.19 bits per heavy atom. The number of carbonyl (C=O) groups is 1. The zero-order chi connectivity index (χ0) is 11.4. The van der Waals surface area contributed by atoms with Crippen LogP contribution in [0.4, 0.5) is 0 Å². The predicted molar refractivity (Wildman–Crippen MR) is 65.6 cm³/mol. The molecule has 1 amide bonds. The number of β-amino-alcohol motifs (C(OH)–C–C–N with tert-alkyl or cyclic N) is 1. The maximum Gasteiger partial charge on any atom is 0.234 e. The van der Waals surface area contributed by atoms with Crippen molar-refractivity contribution in [3.05, 3.63) is 0 Å². The molecule has 16 heavy (non-hydrogen) atoms. The highest BCUT2D eigenvalue weighted by atomic mass is 32.2. The Morgan fingerprint density at radius 1 is 1.44 bits per heavy atom. The predicted octanol–water partition coefficient (Wildman–Crippen LogP) is 0.0664. The minimum Gasteiger partial charge on any atom is -0.388 e. The minimum absolute atomic E-state index is 0.0892. The van der Waals surface area contributed by atoms with Crippen LogP contribution in [0.5, 0.6) is 0 Å². The maximum atomic E-state index is 11.4. The molecule has 0 spiro atoms. The fourth-order valence-electron chi connectivity index (χ4n) is 2.33. The molecule has 0 aromatic carbocycles. The second-order valence-electron chi connectivity index (χ2n) is 4.75. The lowest BCUT2D eigenvalue weighted by atomic mass is 9.96. The summed E-state index contributed by atoms with van der Waals surface area (Å²) < 4.78 is 0. The van der Waals surface area contributed by atoms with Gasteiger partial charge in [-0.05, 0) is 30.8 Å². The second-order valence-corrected chi connectivity index (χ2v) is 5.98. The Balaban J connectivity index is 1.88. The van der Waals surface area contributed by atoms with E-state index in [4.69, 9.17) is 0 Å². The van der Waals surface area contributed by atoms with Gasteiger partial charge in [0.25, 0.3) is 0 Å². The number of amides is 1. The van der Waals surface area contributed by atoms with E-state index in [1.54, 1.807) is 0 Å². The van der Waals surface area contributed by atoms with Crippen LogP contribution in [-0.2, 0) is 4.79 Å². The van der Waals surface area contributed by atoms with Crippen LogP contribution in [0, 0.1) is 0 Å². The van der Waals surface area contributed by atoms with E-state index in [-0.39, 0.29) is 5.91 Å². The van der Waals surface area contributed by atoms with Crippen molar-refractivity contribution in [1.29, 1.82) is 0 Å². The van der Waals surface area contributed by atoms with Crippen molar-refractivity contribution in [3.8, 4) is 0 Å². The molecule has 0 aliphatic carbocycles. The van der Waals surface area contributed by atoms with E-state index in [0.29, 0.717) is 13.1 Å². The summed E-state index contributed by atoms with van der Waals surface area (Å²) in [5.41, 5.74) is -0.560. The van der Waals surface area contributed by atoms with Crippen molar-refractivity contribution < 1.29 is 9.90 Å². The average Bonchev–Trinajstić information content (AvgIpc) is 2.43. The standard InChI is InChI=1S/C11H20N2O2S/c14-10-8-13(5-1-4-12-10)9-11(15)2-6-16-7-3-11/h15H,1-9H2,(H,12,14). The lowest BCUT2D eigenvalue weighted by molar-refractivity contribution is -0.122. The summed E-state index contributed by atoms with van der Waals surface area (Å²) in [6.45, 7) is 2.77. The Kier molecular flexibility index (Phi) is 4.10. The molecular weight excluding hydrogens is 224 g/mol. The quantitative estimate of drug-likeness (QED) is 0.721. The number of aliphatic hydroxyl groups is 1. The molecule has 0 bridgehead atoms. The molecule has 0 radical (unpaired) electrons. The highest BCUT2D eigenvalue weighted by Crippen LogP contribution is 2.27. The number of hydrogen-bond donors (Lipinski definition) is 2. The van der Waals surface area contributed by atoms with Gasteiger partial charge in [0, 0.05) is 19.6 Å². The topological polar surface area (TPSA) is 52.6 Å². The van der Waals surface area contributed by atoms with Crippen LogP contribution in [0.2, 0.25) is 0 Å². The molecule has 0 atom stereocenters. The monoisotopic (exact) mass is 244 g/mol. The van der Waals surface area contributed by atoms with E-state index in [2.05, 4.69) is 10.2 Å². The number of carbonyl (C=O) groups excluding carboxylic acids is 1. The van der Waals surface area contributed by atoms with Gasteiger partial charge in [0.05, 0.1) is 12.1 Å². The molecule has 0 saturated carbocycles. The summed E-state index contributed by atoms with van der Waals surface area (Å²) in [6.07, 6.45) is 2.70. The van der Waals surface area contributed by atoms with Gasteiger partial charge < -0.3 is 10.4 Å². The largest absolute Gasteiger partial charge is 0.388 e. The molecule has 0 aromatic rings. The van der Waals surface area contributed by atoms with Gasteiger partial charge in [0.1, 0.15) is 0 Å². The van der Waals surface area contributed by atoms with Crippen LogP contribution in [0.1, 0.15) is 19.3 Å². The third-order valence-corrected chi connectivity index (χ3v) is 4.27. The normalized spacial score (nSPS) is 27.2. The molecule has 5 heteroatoms. The average molecular weight is 244 g/mol. The van der Waals surface area contributed by atoms with E-state index >= 15 is 0 Å². The zero-order valence-electron chi connectivity index (χ0n) is 9.57. The maximum absolute atomic E-state index is 11.4. The Hall–Kier alpha value is -0.260. The highest BCUT2D eigenvalue weighted by molar-refractivity contribution is 7.99. The van der Waals surface area contributed by atoms with Crippen molar-refractivity contribution in [3.63, 3.8) is 0 Å². The van der Waals surface area contributed by atoms with E-state index in [1.807, 2.05) is 11.8 Å². The van der Waals surface area contributed by atoms with Crippen LogP contribution in [0.15, 0.2) is 0 Å². The third-order valence-electron chi connectivity index (χ3n) is 3.28. The summed E-state index contributed by atoms with van der Waals surface area (Å²) in [5, 5.41) is 13.3. The summed E-state index contributed by atoms with van der Waals surface area (Å²) >= 11 is 1.91. The molecule has 4 nitrogen and oxygen atoms in total. The van der Waals surface area contributed by atoms with Gasteiger partial charge >= 0.3 is 0 Å². The van der Waals surface area contributed by atoms with Gasteiger partial charge in [0.15, 0.2) is 0 Å². The van der Waals surface area contributed by atoms with Gasteiger partial charge in [-0.25, -0.2) is 0 Å². The van der Waals surface area contributed by atoms with Crippen molar-refractivity contribution in [2.24, 2.45) is 0 Å². The van der Waals surface area contributed by atoms with E-state index in [1.165, 1.54) is 0 Å². The smallest absolute Gasteiger partial charge is 0.234 e. The van der Waals surface area contributed by atoms with E-state index in [0.717, 1.165) is 43.9 Å². The van der Waals surface area contributed by atoms with Crippen LogP contribution in [-0.4, -0.2) is 59.2 Å². The van der Waals surface area contributed by atoms with Gasteiger partial charge in [0.2, 0.25) is 5.91 Å². The Bertz CT molecular complexity index is 254. The van der Waals surface area contributed by atoms with Crippen molar-refractivity contribution in [1.82, 2.24) is 10.2 Å². The number of hydrogen-bond acceptors (Lipinski definition) is 4.